The molecule has 5 nitrogen and oxygen atoms in total. The number of thioether (sulfide) groups is 1. The van der Waals surface area contributed by atoms with Gasteiger partial charge in [0.05, 0.1) is 10.8 Å². The van der Waals surface area contributed by atoms with E-state index in [2.05, 4.69) is 19.2 Å². The third-order valence-corrected chi connectivity index (χ3v) is 7.54. The van der Waals surface area contributed by atoms with Crippen LogP contribution in [0.5, 0.6) is 0 Å². The predicted molar refractivity (Wildman–Crippen MR) is 103 cm³/mol. The first kappa shape index (κ1) is 20.3. The molecule has 2 unspecified atom stereocenters. The van der Waals surface area contributed by atoms with Crippen molar-refractivity contribution in [3.63, 3.8) is 0 Å². The lowest BCUT2D eigenvalue weighted by Crippen LogP contribution is -2.47. The van der Waals surface area contributed by atoms with Crippen LogP contribution in [-0.4, -0.2) is 42.8 Å². The number of carbonyl (C=O) groups is 1. The van der Waals surface area contributed by atoms with Crippen LogP contribution in [0.3, 0.4) is 0 Å². The number of nitrogens with zero attached hydrogens (tertiary/aromatic N) is 1. The number of rotatable bonds is 7. The topological polar surface area (TPSA) is 66.5 Å². The minimum Gasteiger partial charge on any atom is -0.354 e. The summed E-state index contributed by atoms with van der Waals surface area (Å²) in [4.78, 5) is 12.6. The number of carbonyl (C=O) groups excluding carboxylic acids is 1. The monoisotopic (exact) mass is 384 g/mol. The summed E-state index contributed by atoms with van der Waals surface area (Å²) in [5, 5.41) is 2.85. The third kappa shape index (κ3) is 4.77. The first-order chi connectivity index (χ1) is 11.8. The Morgan fingerprint density at radius 1 is 1.28 bits per heavy atom. The van der Waals surface area contributed by atoms with Crippen LogP contribution in [-0.2, 0) is 14.8 Å². The molecule has 140 valence electrons. The lowest BCUT2D eigenvalue weighted by atomic mass is 9.99. The summed E-state index contributed by atoms with van der Waals surface area (Å²) in [6.45, 7) is 8.80. The molecule has 1 aromatic carbocycles. The van der Waals surface area contributed by atoms with E-state index in [1.165, 1.54) is 16.1 Å². The number of hydrogen-bond acceptors (Lipinski definition) is 4. The van der Waals surface area contributed by atoms with Gasteiger partial charge in [0.2, 0.25) is 15.9 Å². The standard InChI is InChI=1S/C18H28N2O3S2/c1-5-14(4)15-6-8-16(9-7-15)25(22,23)20-12-24-11-17(20)18(21)19-10-13(2)3/h6-9,13-14,17H,5,10-12H2,1-4H3,(H,19,21). The Labute approximate surface area is 155 Å². The molecule has 0 bridgehead atoms. The second kappa shape index (κ2) is 8.56. The maximum Gasteiger partial charge on any atom is 0.244 e. The van der Waals surface area contributed by atoms with Gasteiger partial charge < -0.3 is 5.32 Å². The number of sulfonamides is 1. The van der Waals surface area contributed by atoms with Crippen molar-refractivity contribution < 1.29 is 13.2 Å². The fourth-order valence-electron chi connectivity index (χ4n) is 2.63. The van der Waals surface area contributed by atoms with E-state index in [1.807, 2.05) is 26.0 Å². The molecule has 0 radical (unpaired) electrons. The molecule has 1 fully saturated rings. The van der Waals surface area contributed by atoms with E-state index in [0.717, 1.165) is 12.0 Å². The molecule has 2 atom stereocenters. The van der Waals surface area contributed by atoms with Gasteiger partial charge in [0.15, 0.2) is 0 Å². The van der Waals surface area contributed by atoms with Gasteiger partial charge in [-0.15, -0.1) is 11.8 Å². The molecule has 1 amide bonds. The smallest absolute Gasteiger partial charge is 0.244 e. The van der Waals surface area contributed by atoms with Crippen molar-refractivity contribution in [3.8, 4) is 0 Å². The Kier molecular flexibility index (Phi) is 6.93. The van der Waals surface area contributed by atoms with Crippen molar-refractivity contribution in [2.45, 2.75) is 51.0 Å². The summed E-state index contributed by atoms with van der Waals surface area (Å²) in [7, 11) is -3.67. The van der Waals surface area contributed by atoms with E-state index in [1.54, 1.807) is 12.1 Å². The Morgan fingerprint density at radius 3 is 2.48 bits per heavy atom. The van der Waals surface area contributed by atoms with Crippen molar-refractivity contribution in [1.29, 1.82) is 0 Å². The van der Waals surface area contributed by atoms with Crippen LogP contribution >= 0.6 is 11.8 Å². The van der Waals surface area contributed by atoms with E-state index >= 15 is 0 Å². The van der Waals surface area contributed by atoms with E-state index in [-0.39, 0.29) is 10.8 Å². The molecule has 1 aromatic rings. The summed E-state index contributed by atoms with van der Waals surface area (Å²) in [5.41, 5.74) is 1.13. The largest absolute Gasteiger partial charge is 0.354 e. The number of amides is 1. The highest BCUT2D eigenvalue weighted by molar-refractivity contribution is 8.00. The third-order valence-electron chi connectivity index (χ3n) is 4.50. The van der Waals surface area contributed by atoms with Gasteiger partial charge in [-0.2, -0.15) is 4.31 Å². The average Bonchev–Trinajstić information content (AvgIpc) is 3.09. The summed E-state index contributed by atoms with van der Waals surface area (Å²) < 4.78 is 27.3. The number of benzene rings is 1. The predicted octanol–water partition coefficient (Wildman–Crippen LogP) is 3.04. The lowest BCUT2D eigenvalue weighted by Gasteiger charge is -2.23. The van der Waals surface area contributed by atoms with Crippen molar-refractivity contribution in [2.75, 3.05) is 18.2 Å². The minimum atomic E-state index is -3.67. The maximum atomic E-state index is 13.0. The van der Waals surface area contributed by atoms with Gasteiger partial charge in [0.25, 0.3) is 0 Å². The summed E-state index contributed by atoms with van der Waals surface area (Å²) in [6.07, 6.45) is 1.01. The van der Waals surface area contributed by atoms with Crippen molar-refractivity contribution in [1.82, 2.24) is 9.62 Å². The zero-order valence-electron chi connectivity index (χ0n) is 15.4. The fourth-order valence-corrected chi connectivity index (χ4v) is 5.78. The summed E-state index contributed by atoms with van der Waals surface area (Å²) in [6, 6.07) is 6.42. The average molecular weight is 385 g/mol. The van der Waals surface area contributed by atoms with Crippen LogP contribution in [0, 0.1) is 5.92 Å². The van der Waals surface area contributed by atoms with Gasteiger partial charge in [0, 0.05) is 12.3 Å². The summed E-state index contributed by atoms with van der Waals surface area (Å²) >= 11 is 1.47. The first-order valence-corrected chi connectivity index (χ1v) is 11.3. The summed E-state index contributed by atoms with van der Waals surface area (Å²) in [5.74, 6) is 1.33. The maximum absolute atomic E-state index is 13.0. The van der Waals surface area contributed by atoms with Crippen LogP contribution < -0.4 is 5.32 Å². The van der Waals surface area contributed by atoms with E-state index < -0.39 is 16.1 Å². The zero-order valence-corrected chi connectivity index (χ0v) is 17.0. The van der Waals surface area contributed by atoms with Crippen LogP contribution in [0.15, 0.2) is 29.2 Å². The Morgan fingerprint density at radius 2 is 1.92 bits per heavy atom. The molecule has 1 aliphatic heterocycles. The highest BCUT2D eigenvalue weighted by Gasteiger charge is 2.39. The molecule has 2 rings (SSSR count). The van der Waals surface area contributed by atoms with Gasteiger partial charge in [-0.3, -0.25) is 4.79 Å². The normalized spacial score (nSPS) is 20.0. The first-order valence-electron chi connectivity index (χ1n) is 8.74. The lowest BCUT2D eigenvalue weighted by molar-refractivity contribution is -0.123. The highest BCUT2D eigenvalue weighted by atomic mass is 32.2. The molecule has 0 saturated carbocycles. The second-order valence-corrected chi connectivity index (χ2v) is 9.82. The number of nitrogens with one attached hydrogen (secondary N) is 1. The van der Waals surface area contributed by atoms with Gasteiger partial charge >= 0.3 is 0 Å². The van der Waals surface area contributed by atoms with Crippen molar-refractivity contribution >= 4 is 27.7 Å². The van der Waals surface area contributed by atoms with Crippen molar-refractivity contribution in [3.05, 3.63) is 29.8 Å². The van der Waals surface area contributed by atoms with Gasteiger partial charge in [-0.05, 0) is 36.0 Å². The Balaban J connectivity index is 2.18. The zero-order chi connectivity index (χ0) is 18.6. The fraction of sp³-hybridized carbons (Fsp3) is 0.611. The quantitative estimate of drug-likeness (QED) is 0.785. The molecule has 25 heavy (non-hydrogen) atoms. The molecule has 1 N–H and O–H groups in total. The molecule has 7 heteroatoms. The molecule has 0 spiro atoms. The van der Waals surface area contributed by atoms with Crippen LogP contribution in [0.2, 0.25) is 0 Å². The molecule has 0 aliphatic carbocycles. The van der Waals surface area contributed by atoms with Crippen molar-refractivity contribution in [2.24, 2.45) is 5.92 Å². The molecule has 1 aliphatic rings. The molecular weight excluding hydrogens is 356 g/mol. The van der Waals surface area contributed by atoms with E-state index in [0.29, 0.717) is 30.0 Å². The highest BCUT2D eigenvalue weighted by Crippen LogP contribution is 2.29. The minimum absolute atomic E-state index is 0.210. The van der Waals surface area contributed by atoms with Crippen LogP contribution in [0.1, 0.15) is 45.6 Å². The number of hydrogen-bond donors (Lipinski definition) is 1. The van der Waals surface area contributed by atoms with Gasteiger partial charge in [0.1, 0.15) is 6.04 Å². The molecule has 1 saturated heterocycles. The Hall–Kier alpha value is -1.05. The van der Waals surface area contributed by atoms with Crippen LogP contribution in [0.25, 0.3) is 0 Å². The SMILES string of the molecule is CCC(C)c1ccc(S(=O)(=O)N2CSCC2C(=O)NCC(C)C)cc1. The molecular formula is C18H28N2O3S2. The molecule has 1 heterocycles. The second-order valence-electron chi connectivity index (χ2n) is 6.93. The van der Waals surface area contributed by atoms with Gasteiger partial charge in [-0.25, -0.2) is 8.42 Å². The van der Waals surface area contributed by atoms with E-state index in [9.17, 15) is 13.2 Å². The van der Waals surface area contributed by atoms with Crippen LogP contribution in [0.4, 0.5) is 0 Å². The Bertz CT molecular complexity index is 687. The van der Waals surface area contributed by atoms with E-state index in [4.69, 9.17) is 0 Å². The van der Waals surface area contributed by atoms with Gasteiger partial charge in [-0.1, -0.05) is 39.8 Å². The molecule has 0 aromatic heterocycles.